The summed E-state index contributed by atoms with van der Waals surface area (Å²) in [5.41, 5.74) is 2.73. The van der Waals surface area contributed by atoms with Gasteiger partial charge < -0.3 is 0 Å². The third kappa shape index (κ3) is 2.87. The van der Waals surface area contributed by atoms with Gasteiger partial charge in [0, 0.05) is 6.04 Å². The highest BCUT2D eigenvalue weighted by Crippen LogP contribution is 2.40. The third-order valence-electron chi connectivity index (χ3n) is 5.42. The van der Waals surface area contributed by atoms with Crippen molar-refractivity contribution in [3.63, 3.8) is 0 Å². The lowest BCUT2D eigenvalue weighted by atomic mass is 9.94. The van der Waals surface area contributed by atoms with Crippen LogP contribution in [0, 0.1) is 11.8 Å². The Bertz CT molecular complexity index is 832. The van der Waals surface area contributed by atoms with E-state index in [1.165, 1.54) is 11.1 Å². The van der Waals surface area contributed by atoms with Crippen LogP contribution in [0.2, 0.25) is 5.02 Å². The Kier molecular flexibility index (Phi) is 4.15. The van der Waals surface area contributed by atoms with E-state index in [1.54, 1.807) is 24.3 Å². The van der Waals surface area contributed by atoms with Crippen molar-refractivity contribution >= 4 is 21.6 Å². The molecule has 1 N–H and O–H groups in total. The zero-order valence-corrected chi connectivity index (χ0v) is 14.9. The van der Waals surface area contributed by atoms with Gasteiger partial charge in [-0.2, -0.15) is 0 Å². The van der Waals surface area contributed by atoms with E-state index in [4.69, 9.17) is 11.6 Å². The quantitative estimate of drug-likeness (QED) is 0.903. The van der Waals surface area contributed by atoms with E-state index in [-0.39, 0.29) is 16.0 Å². The molecule has 0 aromatic heterocycles. The fraction of sp³-hybridized carbons (Fsp3) is 0.368. The highest BCUT2D eigenvalue weighted by Gasteiger charge is 2.41. The van der Waals surface area contributed by atoms with E-state index in [2.05, 4.69) is 29.0 Å². The van der Waals surface area contributed by atoms with Crippen molar-refractivity contribution in [2.75, 3.05) is 0 Å². The molecule has 126 valence electrons. The average molecular weight is 362 g/mol. The van der Waals surface area contributed by atoms with Gasteiger partial charge in [0.25, 0.3) is 0 Å². The first-order chi connectivity index (χ1) is 11.5. The number of sulfonamides is 1. The van der Waals surface area contributed by atoms with E-state index in [9.17, 15) is 8.42 Å². The number of benzene rings is 2. The maximum Gasteiger partial charge on any atom is 0.242 e. The van der Waals surface area contributed by atoms with Gasteiger partial charge in [-0.15, -0.1) is 0 Å². The van der Waals surface area contributed by atoms with Crippen molar-refractivity contribution in [3.05, 3.63) is 64.7 Å². The molecule has 5 heteroatoms. The zero-order chi connectivity index (χ0) is 16.7. The van der Waals surface area contributed by atoms with Gasteiger partial charge in [-0.1, -0.05) is 48.0 Å². The molecule has 2 unspecified atom stereocenters. The van der Waals surface area contributed by atoms with Crippen LogP contribution < -0.4 is 4.72 Å². The monoisotopic (exact) mass is 361 g/mol. The molecular weight excluding hydrogens is 342 g/mol. The van der Waals surface area contributed by atoms with Crippen molar-refractivity contribution in [3.8, 4) is 0 Å². The normalized spacial score (nSPS) is 26.0. The van der Waals surface area contributed by atoms with E-state index in [0.29, 0.717) is 11.8 Å². The van der Waals surface area contributed by atoms with Gasteiger partial charge in [0.15, 0.2) is 0 Å². The molecule has 0 saturated heterocycles. The summed E-state index contributed by atoms with van der Waals surface area (Å²) in [5.74, 6) is 0.715. The second kappa shape index (κ2) is 6.17. The van der Waals surface area contributed by atoms with Crippen LogP contribution in [0.15, 0.2) is 53.4 Å². The largest absolute Gasteiger partial charge is 0.242 e. The van der Waals surface area contributed by atoms with Crippen molar-refractivity contribution in [1.82, 2.24) is 4.72 Å². The highest BCUT2D eigenvalue weighted by molar-refractivity contribution is 7.89. The summed E-state index contributed by atoms with van der Waals surface area (Å²) < 4.78 is 28.6. The second-order valence-corrected chi connectivity index (χ2v) is 8.94. The minimum absolute atomic E-state index is 0.0151. The molecule has 0 aliphatic heterocycles. The Balaban J connectivity index is 1.63. The Morgan fingerprint density at radius 1 is 0.875 bits per heavy atom. The number of hydrogen-bond acceptors (Lipinski definition) is 2. The molecule has 4 rings (SSSR count). The molecule has 1 fully saturated rings. The molecule has 1 saturated carbocycles. The van der Waals surface area contributed by atoms with Crippen molar-refractivity contribution < 1.29 is 8.42 Å². The Morgan fingerprint density at radius 3 is 2.00 bits per heavy atom. The number of rotatable bonds is 3. The Morgan fingerprint density at radius 2 is 1.42 bits per heavy atom. The molecule has 0 amide bonds. The molecule has 0 heterocycles. The van der Waals surface area contributed by atoms with Crippen molar-refractivity contribution in [2.45, 2.75) is 36.6 Å². The minimum Gasteiger partial charge on any atom is -0.207 e. The lowest BCUT2D eigenvalue weighted by molar-refractivity contribution is 0.386. The fourth-order valence-corrected chi connectivity index (χ4v) is 6.14. The molecule has 0 spiro atoms. The van der Waals surface area contributed by atoms with Crippen LogP contribution in [0.4, 0.5) is 0 Å². The van der Waals surface area contributed by atoms with Crippen LogP contribution in [-0.2, 0) is 22.9 Å². The fourth-order valence-electron chi connectivity index (χ4n) is 4.25. The standard InChI is InChI=1S/C19H20ClNO2S/c20-17-7-3-4-8-18(17)24(22,23)21-19-15-9-10-16(19)12-14-6-2-1-5-13(14)11-15/h1-8,15-16,19,21H,9-12H2. The van der Waals surface area contributed by atoms with E-state index in [1.807, 2.05) is 0 Å². The van der Waals surface area contributed by atoms with Gasteiger partial charge >= 0.3 is 0 Å². The van der Waals surface area contributed by atoms with Gasteiger partial charge in [0.2, 0.25) is 10.0 Å². The van der Waals surface area contributed by atoms with E-state index >= 15 is 0 Å². The van der Waals surface area contributed by atoms with Crippen LogP contribution >= 0.6 is 11.6 Å². The first-order valence-electron chi connectivity index (χ1n) is 8.38. The molecule has 2 aliphatic rings. The maximum absolute atomic E-state index is 12.8. The van der Waals surface area contributed by atoms with Gasteiger partial charge in [0.05, 0.1) is 5.02 Å². The topological polar surface area (TPSA) is 46.2 Å². The Labute approximate surface area is 148 Å². The summed E-state index contributed by atoms with van der Waals surface area (Å²) in [5, 5.41) is 0.272. The van der Waals surface area contributed by atoms with E-state index in [0.717, 1.165) is 25.7 Å². The molecule has 2 bridgehead atoms. The summed E-state index contributed by atoms with van der Waals surface area (Å²) >= 11 is 6.10. The molecule has 2 aromatic rings. The van der Waals surface area contributed by atoms with Gasteiger partial charge in [0.1, 0.15) is 4.90 Å². The van der Waals surface area contributed by atoms with Crippen molar-refractivity contribution in [1.29, 1.82) is 0 Å². The predicted molar refractivity (Wildman–Crippen MR) is 95.6 cm³/mol. The van der Waals surface area contributed by atoms with Crippen LogP contribution in [0.1, 0.15) is 24.0 Å². The molecular formula is C19H20ClNO2S. The van der Waals surface area contributed by atoms with Crippen LogP contribution in [-0.4, -0.2) is 14.5 Å². The lowest BCUT2D eigenvalue weighted by Gasteiger charge is -2.23. The first kappa shape index (κ1) is 16.1. The first-order valence-corrected chi connectivity index (χ1v) is 10.2. The summed E-state index contributed by atoms with van der Waals surface area (Å²) in [6.45, 7) is 0. The molecule has 24 heavy (non-hydrogen) atoms. The molecule has 3 nitrogen and oxygen atoms in total. The SMILES string of the molecule is O=S(=O)(NC1C2CCC1Cc1ccccc1C2)c1ccccc1Cl. The highest BCUT2D eigenvalue weighted by atomic mass is 35.5. The van der Waals surface area contributed by atoms with Crippen molar-refractivity contribution in [2.24, 2.45) is 11.8 Å². The number of fused-ring (bicyclic) bond motifs is 3. The third-order valence-corrected chi connectivity index (χ3v) is 7.38. The lowest BCUT2D eigenvalue weighted by Crippen LogP contribution is -2.41. The maximum atomic E-state index is 12.8. The average Bonchev–Trinajstić information content (AvgIpc) is 2.82. The Hall–Kier alpha value is -1.36. The predicted octanol–water partition coefficient (Wildman–Crippen LogP) is 3.81. The summed E-state index contributed by atoms with van der Waals surface area (Å²) in [7, 11) is -3.60. The summed E-state index contributed by atoms with van der Waals surface area (Å²) in [6.07, 6.45) is 4.05. The molecule has 2 atom stereocenters. The number of halogens is 1. The number of hydrogen-bond donors (Lipinski definition) is 1. The molecule has 2 aliphatic carbocycles. The van der Waals surface area contributed by atoms with Crippen LogP contribution in [0.5, 0.6) is 0 Å². The zero-order valence-electron chi connectivity index (χ0n) is 13.3. The molecule has 2 aromatic carbocycles. The van der Waals surface area contributed by atoms with Crippen LogP contribution in [0.25, 0.3) is 0 Å². The number of nitrogens with one attached hydrogen (secondary N) is 1. The van der Waals surface area contributed by atoms with Gasteiger partial charge in [-0.3, -0.25) is 0 Å². The van der Waals surface area contributed by atoms with Crippen LogP contribution in [0.3, 0.4) is 0 Å². The minimum atomic E-state index is -3.60. The second-order valence-electron chi connectivity index (χ2n) is 6.85. The van der Waals surface area contributed by atoms with Gasteiger partial charge in [-0.05, 0) is 60.8 Å². The van der Waals surface area contributed by atoms with E-state index < -0.39 is 10.0 Å². The molecule has 0 radical (unpaired) electrons. The summed E-state index contributed by atoms with van der Waals surface area (Å²) in [4.78, 5) is 0.174. The summed E-state index contributed by atoms with van der Waals surface area (Å²) in [6, 6.07) is 15.1. The van der Waals surface area contributed by atoms with Gasteiger partial charge in [-0.25, -0.2) is 13.1 Å². The smallest absolute Gasteiger partial charge is 0.207 e.